The van der Waals surface area contributed by atoms with E-state index in [9.17, 15) is 15.3 Å². The molecule has 0 radical (unpaired) electrons. The zero-order valence-electron chi connectivity index (χ0n) is 16.8. The second kappa shape index (κ2) is 10.1. The molecule has 0 aliphatic carbocycles. The van der Waals surface area contributed by atoms with Gasteiger partial charge in [0.2, 0.25) is 0 Å². The normalized spacial score (nSPS) is 11.6. The van der Waals surface area contributed by atoms with E-state index in [2.05, 4.69) is 10.4 Å². The minimum atomic E-state index is -1.11. The maximum Gasteiger partial charge on any atom is 0.139 e. The molecule has 4 N–H and O–H groups in total. The molecular formula is C22H26ClN3O4. The SMILES string of the molecule is Cc1nn(-c2ccccc2)c(Cl)c1COc1ccc(CNC(CO)(CO)CO)cc1. The molecule has 0 amide bonds. The summed E-state index contributed by atoms with van der Waals surface area (Å²) in [6.45, 7) is 1.48. The Labute approximate surface area is 180 Å². The van der Waals surface area contributed by atoms with Gasteiger partial charge in [0.25, 0.3) is 0 Å². The third kappa shape index (κ3) is 5.00. The van der Waals surface area contributed by atoms with Gasteiger partial charge in [-0.05, 0) is 36.8 Å². The lowest BCUT2D eigenvalue weighted by atomic mass is 10.0. The van der Waals surface area contributed by atoms with Gasteiger partial charge in [0.05, 0.1) is 36.7 Å². The van der Waals surface area contributed by atoms with Gasteiger partial charge < -0.3 is 25.4 Å². The lowest BCUT2D eigenvalue weighted by molar-refractivity contribution is 0.0414. The molecule has 0 aliphatic heterocycles. The van der Waals surface area contributed by atoms with Crippen molar-refractivity contribution in [3.8, 4) is 11.4 Å². The molecule has 8 heteroatoms. The largest absolute Gasteiger partial charge is 0.489 e. The Morgan fingerprint density at radius 2 is 1.63 bits per heavy atom. The molecule has 1 aromatic heterocycles. The molecular weight excluding hydrogens is 406 g/mol. The van der Waals surface area contributed by atoms with E-state index in [1.807, 2.05) is 61.5 Å². The van der Waals surface area contributed by atoms with Crippen LogP contribution in [0.1, 0.15) is 16.8 Å². The fourth-order valence-electron chi connectivity index (χ4n) is 2.90. The van der Waals surface area contributed by atoms with Gasteiger partial charge in [-0.15, -0.1) is 0 Å². The first-order valence-corrected chi connectivity index (χ1v) is 9.98. The summed E-state index contributed by atoms with van der Waals surface area (Å²) >= 11 is 6.53. The van der Waals surface area contributed by atoms with Crippen molar-refractivity contribution < 1.29 is 20.1 Å². The van der Waals surface area contributed by atoms with E-state index in [1.165, 1.54) is 0 Å². The van der Waals surface area contributed by atoms with Crippen LogP contribution in [0.25, 0.3) is 5.69 Å². The minimum Gasteiger partial charge on any atom is -0.489 e. The predicted molar refractivity (Wildman–Crippen MR) is 115 cm³/mol. The highest BCUT2D eigenvalue weighted by molar-refractivity contribution is 6.30. The first kappa shape index (κ1) is 22.3. The lowest BCUT2D eigenvalue weighted by Crippen LogP contribution is -2.54. The van der Waals surface area contributed by atoms with Crippen LogP contribution in [0, 0.1) is 6.92 Å². The zero-order valence-corrected chi connectivity index (χ0v) is 17.5. The first-order chi connectivity index (χ1) is 14.5. The summed E-state index contributed by atoms with van der Waals surface area (Å²) < 4.78 is 7.58. The molecule has 160 valence electrons. The Morgan fingerprint density at radius 1 is 1.00 bits per heavy atom. The van der Waals surface area contributed by atoms with E-state index >= 15 is 0 Å². The third-order valence-electron chi connectivity index (χ3n) is 5.00. The van der Waals surface area contributed by atoms with Crippen molar-refractivity contribution in [3.63, 3.8) is 0 Å². The average Bonchev–Trinajstić information content (AvgIpc) is 3.08. The Balaban J connectivity index is 1.63. The van der Waals surface area contributed by atoms with Crippen LogP contribution in [-0.2, 0) is 13.2 Å². The number of hydrogen-bond acceptors (Lipinski definition) is 6. The van der Waals surface area contributed by atoms with Gasteiger partial charge in [0.1, 0.15) is 17.5 Å². The molecule has 0 atom stereocenters. The van der Waals surface area contributed by atoms with Crippen LogP contribution >= 0.6 is 11.6 Å². The van der Waals surface area contributed by atoms with Crippen LogP contribution in [0.5, 0.6) is 5.75 Å². The van der Waals surface area contributed by atoms with Crippen LogP contribution in [0.2, 0.25) is 5.15 Å². The van der Waals surface area contributed by atoms with Crippen LogP contribution < -0.4 is 10.1 Å². The Bertz CT molecular complexity index is 933. The molecule has 3 rings (SSSR count). The van der Waals surface area contributed by atoms with E-state index in [1.54, 1.807) is 4.68 Å². The minimum absolute atomic E-state index is 0.289. The number of aliphatic hydroxyl groups excluding tert-OH is 3. The van der Waals surface area contributed by atoms with E-state index in [-0.39, 0.29) is 26.4 Å². The summed E-state index contributed by atoms with van der Waals surface area (Å²) in [6, 6.07) is 17.1. The number of ether oxygens (including phenoxy) is 1. The molecule has 0 fully saturated rings. The first-order valence-electron chi connectivity index (χ1n) is 9.60. The second-order valence-corrected chi connectivity index (χ2v) is 7.50. The number of aryl methyl sites for hydroxylation is 1. The molecule has 0 unspecified atom stereocenters. The monoisotopic (exact) mass is 431 g/mol. The number of nitrogens with zero attached hydrogens (tertiary/aromatic N) is 2. The van der Waals surface area contributed by atoms with Gasteiger partial charge in [0.15, 0.2) is 0 Å². The van der Waals surface area contributed by atoms with Gasteiger partial charge in [-0.2, -0.15) is 5.10 Å². The topological polar surface area (TPSA) is 99.8 Å². The number of para-hydroxylation sites is 1. The van der Waals surface area contributed by atoms with Crippen molar-refractivity contribution >= 4 is 11.6 Å². The number of aliphatic hydroxyl groups is 3. The maximum atomic E-state index is 9.38. The van der Waals surface area contributed by atoms with E-state index in [0.717, 1.165) is 22.5 Å². The molecule has 7 nitrogen and oxygen atoms in total. The summed E-state index contributed by atoms with van der Waals surface area (Å²) in [5, 5.41) is 36.2. The van der Waals surface area contributed by atoms with Crippen LogP contribution in [0.15, 0.2) is 54.6 Å². The number of halogens is 1. The van der Waals surface area contributed by atoms with Crippen molar-refractivity contribution in [2.75, 3.05) is 19.8 Å². The van der Waals surface area contributed by atoms with Gasteiger partial charge in [0, 0.05) is 12.1 Å². The van der Waals surface area contributed by atoms with E-state index in [0.29, 0.717) is 17.4 Å². The van der Waals surface area contributed by atoms with Crippen molar-refractivity contribution in [3.05, 3.63) is 76.6 Å². The summed E-state index contributed by atoms with van der Waals surface area (Å²) in [4.78, 5) is 0. The molecule has 2 aromatic carbocycles. The summed E-state index contributed by atoms with van der Waals surface area (Å²) in [5.74, 6) is 0.680. The summed E-state index contributed by atoms with van der Waals surface area (Å²) in [6.07, 6.45) is 0. The average molecular weight is 432 g/mol. The van der Waals surface area contributed by atoms with Crippen molar-refractivity contribution in [2.24, 2.45) is 0 Å². The number of rotatable bonds is 10. The fraction of sp³-hybridized carbons (Fsp3) is 0.318. The van der Waals surface area contributed by atoms with E-state index in [4.69, 9.17) is 16.3 Å². The molecule has 3 aromatic rings. The highest BCUT2D eigenvalue weighted by atomic mass is 35.5. The summed E-state index contributed by atoms with van der Waals surface area (Å²) in [7, 11) is 0. The van der Waals surface area contributed by atoms with Gasteiger partial charge >= 0.3 is 0 Å². The lowest BCUT2D eigenvalue weighted by Gasteiger charge is -2.28. The third-order valence-corrected chi connectivity index (χ3v) is 5.39. The molecule has 0 aliphatic rings. The van der Waals surface area contributed by atoms with Gasteiger partial charge in [-0.25, -0.2) is 4.68 Å². The van der Waals surface area contributed by atoms with Gasteiger partial charge in [-0.1, -0.05) is 41.9 Å². The quantitative estimate of drug-likeness (QED) is 0.393. The van der Waals surface area contributed by atoms with Gasteiger partial charge in [-0.3, -0.25) is 0 Å². The zero-order chi connectivity index (χ0) is 21.6. The smallest absolute Gasteiger partial charge is 0.139 e. The number of benzene rings is 2. The molecule has 1 heterocycles. The highest BCUT2D eigenvalue weighted by Gasteiger charge is 2.27. The molecule has 0 bridgehead atoms. The summed E-state index contributed by atoms with van der Waals surface area (Å²) in [5.41, 5.74) is 2.33. The fourth-order valence-corrected chi connectivity index (χ4v) is 3.23. The number of hydrogen-bond donors (Lipinski definition) is 4. The molecule has 0 saturated carbocycles. The Kier molecular flexibility index (Phi) is 7.47. The van der Waals surface area contributed by atoms with Crippen LogP contribution in [0.4, 0.5) is 0 Å². The standard InChI is InChI=1S/C22H26ClN3O4/c1-16-20(21(23)26(25-16)18-5-3-2-4-6-18)12-30-19-9-7-17(8-10-19)11-24-22(13-27,14-28)15-29/h2-10,24,27-29H,11-15H2,1H3. The molecule has 30 heavy (non-hydrogen) atoms. The van der Waals surface area contributed by atoms with E-state index < -0.39 is 5.54 Å². The molecule has 0 saturated heterocycles. The maximum absolute atomic E-state index is 9.38. The second-order valence-electron chi connectivity index (χ2n) is 7.14. The van der Waals surface area contributed by atoms with Crippen LogP contribution in [0.3, 0.4) is 0 Å². The number of aromatic nitrogens is 2. The van der Waals surface area contributed by atoms with Crippen LogP contribution in [-0.4, -0.2) is 50.5 Å². The Morgan fingerprint density at radius 3 is 2.23 bits per heavy atom. The molecule has 0 spiro atoms. The highest BCUT2D eigenvalue weighted by Crippen LogP contribution is 2.25. The number of nitrogens with one attached hydrogen (secondary N) is 1. The van der Waals surface area contributed by atoms with Crippen molar-refractivity contribution in [2.45, 2.75) is 25.6 Å². The Hall–Kier alpha value is -2.42. The van der Waals surface area contributed by atoms with Crippen molar-refractivity contribution in [1.82, 2.24) is 15.1 Å². The predicted octanol–water partition coefficient (Wildman–Crippen LogP) is 2.22. The van der Waals surface area contributed by atoms with Crippen molar-refractivity contribution in [1.29, 1.82) is 0 Å².